The molecule has 0 saturated carbocycles. The summed E-state index contributed by atoms with van der Waals surface area (Å²) in [4.78, 5) is 16.9. The average molecular weight is 382 g/mol. The van der Waals surface area contributed by atoms with Gasteiger partial charge in [0.05, 0.1) is 11.0 Å². The highest BCUT2D eigenvalue weighted by molar-refractivity contribution is 9.10. The Morgan fingerprint density at radius 2 is 1.96 bits per heavy atom. The van der Waals surface area contributed by atoms with Gasteiger partial charge in [-0.1, -0.05) is 26.0 Å². The number of benzene rings is 1. The van der Waals surface area contributed by atoms with E-state index in [1.54, 1.807) is 12.1 Å². The van der Waals surface area contributed by atoms with Crippen LogP contribution in [0.25, 0.3) is 0 Å². The van der Waals surface area contributed by atoms with Gasteiger partial charge < -0.3 is 4.90 Å². The number of pyridine rings is 1. The summed E-state index contributed by atoms with van der Waals surface area (Å²) in [7, 11) is 0. The van der Waals surface area contributed by atoms with Crippen molar-refractivity contribution < 1.29 is 9.31 Å². The number of anilines is 1. The standard InChI is InChI=1S/C16H17BrFN3O2/c1-11(2)9-20(10-12-3-5-13(18)6-4-12)16-8-14(21(22)23)7-15(17)19-16/h3-8,11H,9-10H2,1-2H3. The quantitative estimate of drug-likeness (QED) is 0.418. The molecule has 0 saturated heterocycles. The second-order valence-corrected chi connectivity index (χ2v) is 6.48. The number of rotatable bonds is 6. The fourth-order valence-corrected chi connectivity index (χ4v) is 2.64. The van der Waals surface area contributed by atoms with E-state index in [1.165, 1.54) is 24.3 Å². The first kappa shape index (κ1) is 17.3. The third-order valence-corrected chi connectivity index (χ3v) is 3.58. The zero-order valence-corrected chi connectivity index (χ0v) is 14.5. The summed E-state index contributed by atoms with van der Waals surface area (Å²) in [5.74, 6) is 0.569. The number of hydrogen-bond acceptors (Lipinski definition) is 4. The van der Waals surface area contributed by atoms with Crippen molar-refractivity contribution in [1.82, 2.24) is 4.98 Å². The third kappa shape index (κ3) is 4.99. The first-order valence-electron chi connectivity index (χ1n) is 7.16. The van der Waals surface area contributed by atoms with Crippen LogP contribution in [0.2, 0.25) is 0 Å². The predicted octanol–water partition coefficient (Wildman–Crippen LogP) is 4.55. The van der Waals surface area contributed by atoms with E-state index in [9.17, 15) is 14.5 Å². The Morgan fingerprint density at radius 1 is 1.30 bits per heavy atom. The lowest BCUT2D eigenvalue weighted by atomic mass is 10.1. The molecule has 1 aromatic carbocycles. The minimum atomic E-state index is -0.443. The number of nitrogens with zero attached hydrogens (tertiary/aromatic N) is 3. The van der Waals surface area contributed by atoms with E-state index in [4.69, 9.17) is 0 Å². The van der Waals surface area contributed by atoms with Gasteiger partial charge in [0.1, 0.15) is 16.2 Å². The smallest absolute Gasteiger partial charge is 0.275 e. The Kier molecular flexibility index (Phi) is 5.65. The van der Waals surface area contributed by atoms with E-state index < -0.39 is 4.92 Å². The maximum absolute atomic E-state index is 13.0. The molecular weight excluding hydrogens is 365 g/mol. The highest BCUT2D eigenvalue weighted by Crippen LogP contribution is 2.25. The van der Waals surface area contributed by atoms with E-state index in [0.29, 0.717) is 29.4 Å². The fraction of sp³-hybridized carbons (Fsp3) is 0.312. The van der Waals surface area contributed by atoms with Crippen LogP contribution in [0.15, 0.2) is 41.0 Å². The SMILES string of the molecule is CC(C)CN(Cc1ccc(F)cc1)c1cc([N+](=O)[O-])cc(Br)n1. The molecule has 0 atom stereocenters. The van der Waals surface area contributed by atoms with Gasteiger partial charge in [0.2, 0.25) is 0 Å². The Bertz CT molecular complexity index is 692. The molecule has 0 aliphatic carbocycles. The van der Waals surface area contributed by atoms with Crippen molar-refractivity contribution in [3.8, 4) is 0 Å². The van der Waals surface area contributed by atoms with Gasteiger partial charge in [0.25, 0.3) is 5.69 Å². The summed E-state index contributed by atoms with van der Waals surface area (Å²) in [6.07, 6.45) is 0. The summed E-state index contributed by atoms with van der Waals surface area (Å²) < 4.78 is 13.5. The Morgan fingerprint density at radius 3 is 2.52 bits per heavy atom. The highest BCUT2D eigenvalue weighted by atomic mass is 79.9. The third-order valence-electron chi connectivity index (χ3n) is 3.17. The van der Waals surface area contributed by atoms with Crippen LogP contribution < -0.4 is 4.90 Å². The monoisotopic (exact) mass is 381 g/mol. The number of nitro groups is 1. The van der Waals surface area contributed by atoms with Crippen LogP contribution in [-0.4, -0.2) is 16.5 Å². The van der Waals surface area contributed by atoms with Crippen LogP contribution in [0.3, 0.4) is 0 Å². The van der Waals surface area contributed by atoms with Crippen molar-refractivity contribution in [3.63, 3.8) is 0 Å². The minimum absolute atomic E-state index is 0.0188. The van der Waals surface area contributed by atoms with Crippen molar-refractivity contribution in [1.29, 1.82) is 0 Å². The van der Waals surface area contributed by atoms with Crippen molar-refractivity contribution >= 4 is 27.4 Å². The molecule has 7 heteroatoms. The molecule has 0 aliphatic rings. The van der Waals surface area contributed by atoms with Crippen LogP contribution in [0, 0.1) is 21.8 Å². The van der Waals surface area contributed by atoms with E-state index >= 15 is 0 Å². The first-order valence-corrected chi connectivity index (χ1v) is 7.96. The molecule has 0 fully saturated rings. The summed E-state index contributed by atoms with van der Waals surface area (Å²) in [5, 5.41) is 11.0. The molecule has 0 N–H and O–H groups in total. The van der Waals surface area contributed by atoms with Crippen molar-refractivity contribution in [2.24, 2.45) is 5.92 Å². The molecule has 0 bridgehead atoms. The molecule has 0 aliphatic heterocycles. The molecule has 0 amide bonds. The predicted molar refractivity (Wildman–Crippen MR) is 90.9 cm³/mol. The van der Waals surface area contributed by atoms with Crippen molar-refractivity contribution in [2.75, 3.05) is 11.4 Å². The molecule has 23 heavy (non-hydrogen) atoms. The summed E-state index contributed by atoms with van der Waals surface area (Å²) in [5.41, 5.74) is 0.895. The summed E-state index contributed by atoms with van der Waals surface area (Å²) in [6.45, 7) is 5.30. The number of hydrogen-bond donors (Lipinski definition) is 0. The largest absolute Gasteiger partial charge is 0.352 e. The van der Waals surface area contributed by atoms with E-state index in [0.717, 1.165) is 5.56 Å². The Balaban J connectivity index is 2.34. The number of aromatic nitrogens is 1. The molecule has 1 aromatic heterocycles. The van der Waals surface area contributed by atoms with Gasteiger partial charge in [-0.2, -0.15) is 0 Å². The second-order valence-electron chi connectivity index (χ2n) is 5.66. The van der Waals surface area contributed by atoms with E-state index in [-0.39, 0.29) is 11.5 Å². The molecule has 1 heterocycles. The molecule has 2 aromatic rings. The second kappa shape index (κ2) is 7.50. The van der Waals surface area contributed by atoms with Gasteiger partial charge in [-0.05, 0) is 39.5 Å². The van der Waals surface area contributed by atoms with Gasteiger partial charge in [-0.25, -0.2) is 9.37 Å². The van der Waals surface area contributed by atoms with E-state index in [2.05, 4.69) is 34.8 Å². The number of halogens is 2. The Hall–Kier alpha value is -2.02. The van der Waals surface area contributed by atoms with Crippen LogP contribution in [0.4, 0.5) is 15.9 Å². The zero-order valence-electron chi connectivity index (χ0n) is 12.9. The van der Waals surface area contributed by atoms with E-state index in [1.807, 2.05) is 4.90 Å². The minimum Gasteiger partial charge on any atom is -0.352 e. The van der Waals surface area contributed by atoms with Crippen LogP contribution in [-0.2, 0) is 6.54 Å². The van der Waals surface area contributed by atoms with Gasteiger partial charge in [0, 0.05) is 19.2 Å². The Labute approximate surface area is 142 Å². The lowest BCUT2D eigenvalue weighted by Crippen LogP contribution is -2.28. The topological polar surface area (TPSA) is 59.3 Å². The van der Waals surface area contributed by atoms with Crippen molar-refractivity contribution in [2.45, 2.75) is 20.4 Å². The normalized spacial score (nSPS) is 10.8. The van der Waals surface area contributed by atoms with Gasteiger partial charge in [-0.3, -0.25) is 10.1 Å². The maximum Gasteiger partial charge on any atom is 0.275 e. The fourth-order valence-electron chi connectivity index (χ4n) is 2.23. The molecule has 0 unspecified atom stereocenters. The molecule has 2 rings (SSSR count). The molecule has 122 valence electrons. The average Bonchev–Trinajstić information content (AvgIpc) is 2.47. The van der Waals surface area contributed by atoms with Crippen molar-refractivity contribution in [3.05, 3.63) is 62.5 Å². The molecule has 0 radical (unpaired) electrons. The molecule has 0 spiro atoms. The first-order chi connectivity index (χ1) is 10.8. The van der Waals surface area contributed by atoms with Gasteiger partial charge >= 0.3 is 0 Å². The summed E-state index contributed by atoms with van der Waals surface area (Å²) >= 11 is 3.22. The summed E-state index contributed by atoms with van der Waals surface area (Å²) in [6, 6.07) is 9.04. The van der Waals surface area contributed by atoms with Crippen LogP contribution in [0.5, 0.6) is 0 Å². The lowest BCUT2D eigenvalue weighted by molar-refractivity contribution is -0.384. The molecular formula is C16H17BrFN3O2. The van der Waals surface area contributed by atoms with Crippen LogP contribution in [0.1, 0.15) is 19.4 Å². The molecule has 5 nitrogen and oxygen atoms in total. The zero-order chi connectivity index (χ0) is 17.0. The van der Waals surface area contributed by atoms with Gasteiger partial charge in [0.15, 0.2) is 0 Å². The lowest BCUT2D eigenvalue weighted by Gasteiger charge is -2.25. The highest BCUT2D eigenvalue weighted by Gasteiger charge is 2.16. The van der Waals surface area contributed by atoms with Gasteiger partial charge in [-0.15, -0.1) is 0 Å². The van der Waals surface area contributed by atoms with Crippen LogP contribution >= 0.6 is 15.9 Å². The maximum atomic E-state index is 13.0.